The Morgan fingerprint density at radius 2 is 2.19 bits per heavy atom. The highest BCUT2D eigenvalue weighted by molar-refractivity contribution is 6.31. The van der Waals surface area contributed by atoms with E-state index in [2.05, 4.69) is 15.5 Å². The van der Waals surface area contributed by atoms with Gasteiger partial charge in [-0.3, -0.25) is 14.2 Å². The molecule has 3 aromatic rings. The number of aryl methyl sites for hydroxylation is 1. The summed E-state index contributed by atoms with van der Waals surface area (Å²) in [6, 6.07) is 6.16. The normalized spacial score (nSPS) is 11.3. The molecule has 3 rings (SSSR count). The van der Waals surface area contributed by atoms with Crippen molar-refractivity contribution in [3.63, 3.8) is 0 Å². The predicted molar refractivity (Wildman–Crippen MR) is 103 cm³/mol. The molecule has 2 heterocycles. The maximum atomic E-state index is 13.9. The van der Waals surface area contributed by atoms with E-state index in [1.165, 1.54) is 16.8 Å². The van der Waals surface area contributed by atoms with Crippen molar-refractivity contribution in [1.82, 2.24) is 19.6 Å². The Morgan fingerprint density at radius 1 is 1.37 bits per heavy atom. The molecule has 0 bridgehead atoms. The number of anilines is 1. The highest BCUT2D eigenvalue weighted by Crippen LogP contribution is 2.20. The molecule has 0 aliphatic heterocycles. The van der Waals surface area contributed by atoms with Gasteiger partial charge in [-0.15, -0.1) is 0 Å². The van der Waals surface area contributed by atoms with Crippen LogP contribution >= 0.6 is 11.6 Å². The maximum Gasteiger partial charge on any atom is 0.249 e. The number of nitrogens with zero attached hydrogens (tertiary/aromatic N) is 4. The van der Waals surface area contributed by atoms with E-state index in [-0.39, 0.29) is 12.5 Å². The third-order valence-electron chi connectivity index (χ3n) is 4.13. The Morgan fingerprint density at radius 3 is 2.89 bits per heavy atom. The highest BCUT2D eigenvalue weighted by atomic mass is 35.5. The number of carbonyl (C=O) groups excluding carboxylic acids is 1. The van der Waals surface area contributed by atoms with E-state index in [1.54, 1.807) is 36.7 Å². The van der Waals surface area contributed by atoms with E-state index in [4.69, 9.17) is 11.6 Å². The molecular formula is C19H19ClFN5O. The van der Waals surface area contributed by atoms with Crippen LogP contribution in [-0.4, -0.2) is 25.5 Å². The lowest BCUT2D eigenvalue weighted by molar-refractivity contribution is -0.111. The van der Waals surface area contributed by atoms with E-state index in [0.717, 1.165) is 17.8 Å². The van der Waals surface area contributed by atoms with Crippen molar-refractivity contribution in [2.75, 3.05) is 5.32 Å². The number of halogens is 2. The van der Waals surface area contributed by atoms with Crippen molar-refractivity contribution in [2.24, 2.45) is 0 Å². The van der Waals surface area contributed by atoms with Gasteiger partial charge in [0.2, 0.25) is 5.91 Å². The van der Waals surface area contributed by atoms with Crippen LogP contribution < -0.4 is 5.32 Å². The number of hydrogen-bond donors (Lipinski definition) is 1. The number of carbonyl (C=O) groups is 1. The van der Waals surface area contributed by atoms with Crippen molar-refractivity contribution < 1.29 is 9.18 Å². The summed E-state index contributed by atoms with van der Waals surface area (Å²) in [5, 5.41) is 11.5. The molecule has 6 nitrogen and oxygen atoms in total. The molecule has 8 heteroatoms. The second-order valence-corrected chi connectivity index (χ2v) is 6.33. The smallest absolute Gasteiger partial charge is 0.249 e. The van der Waals surface area contributed by atoms with Crippen LogP contribution in [-0.2, 0) is 17.9 Å². The minimum atomic E-state index is -0.394. The molecular weight excluding hydrogens is 369 g/mol. The highest BCUT2D eigenvalue weighted by Gasteiger charge is 2.09. The van der Waals surface area contributed by atoms with Crippen molar-refractivity contribution in [2.45, 2.75) is 26.9 Å². The first-order chi connectivity index (χ1) is 13.0. The van der Waals surface area contributed by atoms with Crippen LogP contribution in [0.25, 0.3) is 6.08 Å². The van der Waals surface area contributed by atoms with Crippen LogP contribution in [0.3, 0.4) is 0 Å². The molecule has 0 radical (unpaired) electrons. The summed E-state index contributed by atoms with van der Waals surface area (Å²) in [4.78, 5) is 12.1. The van der Waals surface area contributed by atoms with E-state index in [1.807, 2.05) is 18.5 Å². The molecule has 0 saturated heterocycles. The molecule has 140 valence electrons. The molecule has 1 N–H and O–H groups in total. The lowest BCUT2D eigenvalue weighted by atomic mass is 10.2. The predicted octanol–water partition coefficient (Wildman–Crippen LogP) is 3.90. The third kappa shape index (κ3) is 4.43. The second-order valence-electron chi connectivity index (χ2n) is 5.92. The van der Waals surface area contributed by atoms with Gasteiger partial charge in [0.15, 0.2) is 5.82 Å². The first-order valence-corrected chi connectivity index (χ1v) is 8.83. The minimum Gasteiger partial charge on any atom is -0.306 e. The second kappa shape index (κ2) is 8.18. The fourth-order valence-corrected chi connectivity index (χ4v) is 2.86. The number of nitrogens with one attached hydrogen (secondary N) is 1. The lowest BCUT2D eigenvalue weighted by Crippen LogP contribution is -2.10. The lowest BCUT2D eigenvalue weighted by Gasteiger charge is -2.05. The SMILES string of the molecule is CCn1ncc(/C=C\C(=O)Nc2ccn(Cc3c(F)cccc3Cl)n2)c1C. The third-order valence-corrected chi connectivity index (χ3v) is 4.48. The van der Waals surface area contributed by atoms with Gasteiger partial charge in [-0.05, 0) is 32.1 Å². The van der Waals surface area contributed by atoms with E-state index in [0.29, 0.717) is 16.4 Å². The van der Waals surface area contributed by atoms with Gasteiger partial charge in [0.25, 0.3) is 0 Å². The van der Waals surface area contributed by atoms with Gasteiger partial charge < -0.3 is 5.32 Å². The first kappa shape index (κ1) is 18.8. The molecule has 2 aromatic heterocycles. The molecule has 27 heavy (non-hydrogen) atoms. The zero-order valence-corrected chi connectivity index (χ0v) is 15.7. The Balaban J connectivity index is 1.64. The largest absolute Gasteiger partial charge is 0.306 e. The number of aromatic nitrogens is 4. The van der Waals surface area contributed by atoms with Gasteiger partial charge in [0.05, 0.1) is 12.7 Å². The summed E-state index contributed by atoms with van der Waals surface area (Å²) >= 11 is 6.03. The Kier molecular flexibility index (Phi) is 5.71. The molecule has 1 aromatic carbocycles. The van der Waals surface area contributed by atoms with Gasteiger partial charge in [0.1, 0.15) is 5.82 Å². The summed E-state index contributed by atoms with van der Waals surface area (Å²) in [6.07, 6.45) is 6.50. The average molecular weight is 388 g/mol. The summed E-state index contributed by atoms with van der Waals surface area (Å²) in [6.45, 7) is 4.90. The van der Waals surface area contributed by atoms with Crippen molar-refractivity contribution in [3.05, 3.63) is 70.4 Å². The van der Waals surface area contributed by atoms with Crippen LogP contribution in [0.15, 0.2) is 42.7 Å². The van der Waals surface area contributed by atoms with Crippen LogP contribution in [0.2, 0.25) is 5.02 Å². The molecule has 1 amide bonds. The Hall–Kier alpha value is -2.93. The molecule has 0 unspecified atom stereocenters. The topological polar surface area (TPSA) is 64.7 Å². The zero-order valence-electron chi connectivity index (χ0n) is 15.0. The van der Waals surface area contributed by atoms with E-state index in [9.17, 15) is 9.18 Å². The Labute approximate surface area is 161 Å². The van der Waals surface area contributed by atoms with Gasteiger partial charge in [-0.1, -0.05) is 17.7 Å². The van der Waals surface area contributed by atoms with Crippen molar-refractivity contribution in [1.29, 1.82) is 0 Å². The number of amides is 1. The number of hydrogen-bond acceptors (Lipinski definition) is 3. The van der Waals surface area contributed by atoms with Gasteiger partial charge in [0, 0.05) is 46.7 Å². The summed E-state index contributed by atoms with van der Waals surface area (Å²) in [5.74, 6) is -0.333. The fraction of sp³-hybridized carbons (Fsp3) is 0.211. The molecule has 0 fully saturated rings. The maximum absolute atomic E-state index is 13.9. The zero-order chi connectivity index (χ0) is 19.4. The molecule has 0 atom stereocenters. The standard InChI is InChI=1S/C19H19ClFN5O/c1-3-26-13(2)14(11-22-26)7-8-19(27)23-18-9-10-25(24-18)12-15-16(20)5-4-6-17(15)21/h4-11H,3,12H2,1-2H3,(H,23,24,27)/b8-7-. The van der Waals surface area contributed by atoms with Crippen molar-refractivity contribution >= 4 is 29.4 Å². The van der Waals surface area contributed by atoms with Gasteiger partial charge in [-0.25, -0.2) is 4.39 Å². The Bertz CT molecular complexity index is 972. The van der Waals surface area contributed by atoms with Gasteiger partial charge in [-0.2, -0.15) is 10.2 Å². The average Bonchev–Trinajstić information content (AvgIpc) is 3.22. The summed E-state index contributed by atoms with van der Waals surface area (Å²) in [7, 11) is 0. The van der Waals surface area contributed by atoms with Crippen molar-refractivity contribution in [3.8, 4) is 0 Å². The first-order valence-electron chi connectivity index (χ1n) is 8.45. The molecule has 0 aliphatic rings. The number of rotatable bonds is 6. The van der Waals surface area contributed by atoms with E-state index < -0.39 is 5.82 Å². The van der Waals surface area contributed by atoms with Gasteiger partial charge >= 0.3 is 0 Å². The molecule has 0 aliphatic carbocycles. The quantitative estimate of drug-likeness (QED) is 0.652. The monoisotopic (exact) mass is 387 g/mol. The fourth-order valence-electron chi connectivity index (χ4n) is 2.64. The van der Waals surface area contributed by atoms with Crippen LogP contribution in [0.5, 0.6) is 0 Å². The minimum absolute atomic E-state index is 0.173. The van der Waals surface area contributed by atoms with Crippen LogP contribution in [0, 0.1) is 12.7 Å². The molecule has 0 spiro atoms. The molecule has 0 saturated carbocycles. The van der Waals surface area contributed by atoms with Crippen LogP contribution in [0.4, 0.5) is 10.2 Å². The summed E-state index contributed by atoms with van der Waals surface area (Å²) < 4.78 is 17.2. The summed E-state index contributed by atoms with van der Waals surface area (Å²) in [5.41, 5.74) is 2.22. The van der Waals surface area contributed by atoms with E-state index >= 15 is 0 Å². The number of benzene rings is 1. The van der Waals surface area contributed by atoms with Crippen LogP contribution in [0.1, 0.15) is 23.7 Å².